The van der Waals surface area contributed by atoms with Crippen LogP contribution in [-0.4, -0.2) is 78.5 Å². The van der Waals surface area contributed by atoms with Crippen LogP contribution >= 0.6 is 11.8 Å². The van der Waals surface area contributed by atoms with Gasteiger partial charge in [-0.25, -0.2) is 13.8 Å². The molecule has 0 saturated carbocycles. The monoisotopic (exact) mass is 593 g/mol. The van der Waals surface area contributed by atoms with Gasteiger partial charge in [0.05, 0.1) is 16.6 Å². The van der Waals surface area contributed by atoms with Crippen molar-refractivity contribution in [2.75, 3.05) is 62.0 Å². The number of hydrogen-bond acceptors (Lipinski definition) is 8. The number of anilines is 3. The SMILES string of the molecule is Cc1nc2[nH]nc(NC(=O)c3ccc(N4CCN(C)CC4)cc3NC3CCOCC3)c2cc1Sc1cc(F)cc(F)c1. The summed E-state index contributed by atoms with van der Waals surface area (Å²) in [6.07, 6.45) is 1.73. The van der Waals surface area contributed by atoms with Crippen LogP contribution in [0.4, 0.5) is 26.0 Å². The molecule has 0 spiro atoms. The van der Waals surface area contributed by atoms with Crippen molar-refractivity contribution in [3.8, 4) is 0 Å². The van der Waals surface area contributed by atoms with Gasteiger partial charge in [-0.1, -0.05) is 11.8 Å². The van der Waals surface area contributed by atoms with Crippen LogP contribution in [0.1, 0.15) is 28.9 Å². The number of aryl methyl sites for hydroxylation is 1. The predicted octanol–water partition coefficient (Wildman–Crippen LogP) is 5.29. The highest BCUT2D eigenvalue weighted by atomic mass is 32.2. The van der Waals surface area contributed by atoms with Gasteiger partial charge in [-0.2, -0.15) is 5.10 Å². The summed E-state index contributed by atoms with van der Waals surface area (Å²) in [5.74, 6) is -1.27. The number of likely N-dealkylation sites (N-methyl/N-ethyl adjacent to an activating group) is 1. The molecule has 6 rings (SSSR count). The molecule has 1 amide bonds. The van der Waals surface area contributed by atoms with E-state index < -0.39 is 11.6 Å². The number of amides is 1. The van der Waals surface area contributed by atoms with E-state index >= 15 is 0 Å². The Morgan fingerprint density at radius 2 is 1.79 bits per heavy atom. The molecule has 42 heavy (non-hydrogen) atoms. The molecule has 2 aromatic heterocycles. The van der Waals surface area contributed by atoms with Crippen molar-refractivity contribution in [3.05, 3.63) is 65.4 Å². The van der Waals surface area contributed by atoms with Gasteiger partial charge in [0.2, 0.25) is 0 Å². The standard InChI is InChI=1S/C30H33F2N7O2S/c1-18-27(42-23-14-19(31)13-20(32)15-23)17-25-28(33-18)36-37-29(25)35-30(40)24-4-3-22(39-9-7-38(2)8-10-39)16-26(24)34-21-5-11-41-12-6-21/h3-4,13-17,21,34H,5-12H2,1-2H3,(H2,33,35,36,37,40). The average Bonchev–Trinajstić information content (AvgIpc) is 3.34. The fraction of sp³-hybridized carbons (Fsp3) is 0.367. The van der Waals surface area contributed by atoms with E-state index in [1.807, 2.05) is 25.1 Å². The van der Waals surface area contributed by atoms with E-state index in [0.717, 1.165) is 56.5 Å². The lowest BCUT2D eigenvalue weighted by atomic mass is 10.1. The number of piperazine rings is 1. The zero-order valence-electron chi connectivity index (χ0n) is 23.5. The number of H-pyrrole nitrogens is 1. The number of carbonyl (C=O) groups excluding carboxylic acids is 1. The molecular weight excluding hydrogens is 560 g/mol. The molecule has 12 heteroatoms. The van der Waals surface area contributed by atoms with Gasteiger partial charge in [-0.05, 0) is 63.2 Å². The largest absolute Gasteiger partial charge is 0.381 e. The highest BCUT2D eigenvalue weighted by molar-refractivity contribution is 7.99. The Morgan fingerprint density at radius 1 is 1.05 bits per heavy atom. The van der Waals surface area contributed by atoms with Crippen LogP contribution in [-0.2, 0) is 4.74 Å². The first-order valence-electron chi connectivity index (χ1n) is 14.1. The molecule has 2 saturated heterocycles. The molecule has 0 radical (unpaired) electrons. The highest BCUT2D eigenvalue weighted by Gasteiger charge is 2.22. The minimum absolute atomic E-state index is 0.207. The Kier molecular flexibility index (Phi) is 8.27. The number of hydrogen-bond donors (Lipinski definition) is 3. The number of benzene rings is 2. The Balaban J connectivity index is 1.27. The molecule has 220 valence electrons. The van der Waals surface area contributed by atoms with Crippen LogP contribution in [0.5, 0.6) is 0 Å². The van der Waals surface area contributed by atoms with E-state index in [1.54, 1.807) is 0 Å². The zero-order valence-corrected chi connectivity index (χ0v) is 24.4. The summed E-state index contributed by atoms with van der Waals surface area (Å²) < 4.78 is 33.1. The van der Waals surface area contributed by atoms with Crippen LogP contribution in [0.3, 0.4) is 0 Å². The Morgan fingerprint density at radius 3 is 2.52 bits per heavy atom. The lowest BCUT2D eigenvalue weighted by Crippen LogP contribution is -2.44. The molecular formula is C30H33F2N7O2S. The number of rotatable bonds is 7. The van der Waals surface area contributed by atoms with Gasteiger partial charge in [0.25, 0.3) is 5.91 Å². The van der Waals surface area contributed by atoms with Gasteiger partial charge in [0.15, 0.2) is 11.5 Å². The quantitative estimate of drug-likeness (QED) is 0.266. The van der Waals surface area contributed by atoms with Crippen LogP contribution < -0.4 is 15.5 Å². The summed E-state index contributed by atoms with van der Waals surface area (Å²) >= 11 is 1.20. The Hall–Kier alpha value is -3.74. The van der Waals surface area contributed by atoms with Crippen molar-refractivity contribution < 1.29 is 18.3 Å². The second-order valence-corrected chi connectivity index (χ2v) is 11.9. The fourth-order valence-corrected chi connectivity index (χ4v) is 6.25. The van der Waals surface area contributed by atoms with Crippen LogP contribution in [0.15, 0.2) is 52.3 Å². The first kappa shape index (κ1) is 28.4. The number of nitrogens with one attached hydrogen (secondary N) is 3. The topological polar surface area (TPSA) is 98.4 Å². The summed E-state index contributed by atoms with van der Waals surface area (Å²) in [4.78, 5) is 24.0. The summed E-state index contributed by atoms with van der Waals surface area (Å²) in [6, 6.07) is 11.3. The van der Waals surface area contributed by atoms with Crippen molar-refractivity contribution in [1.29, 1.82) is 0 Å². The number of aromatic nitrogens is 3. The molecule has 4 heterocycles. The molecule has 9 nitrogen and oxygen atoms in total. The van der Waals surface area contributed by atoms with Crippen molar-refractivity contribution in [3.63, 3.8) is 0 Å². The number of pyridine rings is 1. The second kappa shape index (κ2) is 12.2. The number of nitrogens with zero attached hydrogens (tertiary/aromatic N) is 4. The summed E-state index contributed by atoms with van der Waals surface area (Å²) in [5.41, 5.74) is 3.54. The molecule has 0 bridgehead atoms. The number of halogens is 2. The van der Waals surface area contributed by atoms with Gasteiger partial charge >= 0.3 is 0 Å². The van der Waals surface area contributed by atoms with E-state index in [2.05, 4.69) is 48.7 Å². The molecule has 0 aliphatic carbocycles. The number of aromatic amines is 1. The third-order valence-corrected chi connectivity index (χ3v) is 8.79. The molecule has 2 aliphatic heterocycles. The summed E-state index contributed by atoms with van der Waals surface area (Å²) in [6.45, 7) is 7.00. The second-order valence-electron chi connectivity index (χ2n) is 10.8. The summed E-state index contributed by atoms with van der Waals surface area (Å²) in [7, 11) is 2.13. The molecule has 2 aliphatic rings. The van der Waals surface area contributed by atoms with Gasteiger partial charge in [0.1, 0.15) is 11.6 Å². The first-order chi connectivity index (χ1) is 20.3. The molecule has 4 aromatic rings. The van der Waals surface area contributed by atoms with Gasteiger partial charge in [-0.15, -0.1) is 0 Å². The first-order valence-corrected chi connectivity index (χ1v) is 14.9. The lowest BCUT2D eigenvalue weighted by Gasteiger charge is -2.34. The fourth-order valence-electron chi connectivity index (χ4n) is 5.28. The maximum atomic E-state index is 13.8. The third kappa shape index (κ3) is 6.35. The van der Waals surface area contributed by atoms with Crippen LogP contribution in [0.25, 0.3) is 11.0 Å². The molecule has 0 atom stereocenters. The Labute approximate surface area is 247 Å². The average molecular weight is 594 g/mol. The normalized spacial score (nSPS) is 16.6. The van der Waals surface area contributed by atoms with Gasteiger partial charge in [-0.3, -0.25) is 9.89 Å². The number of carbonyl (C=O) groups is 1. The third-order valence-electron chi connectivity index (χ3n) is 7.69. The van der Waals surface area contributed by atoms with Gasteiger partial charge < -0.3 is 25.2 Å². The zero-order chi connectivity index (χ0) is 29.2. The van der Waals surface area contributed by atoms with E-state index in [-0.39, 0.29) is 11.9 Å². The van der Waals surface area contributed by atoms with Crippen LogP contribution in [0, 0.1) is 18.6 Å². The predicted molar refractivity (Wildman–Crippen MR) is 161 cm³/mol. The molecule has 3 N–H and O–H groups in total. The van der Waals surface area contributed by atoms with E-state index in [1.165, 1.54) is 23.9 Å². The number of ether oxygens (including phenoxy) is 1. The lowest BCUT2D eigenvalue weighted by molar-refractivity contribution is 0.0904. The van der Waals surface area contributed by atoms with E-state index in [0.29, 0.717) is 51.1 Å². The highest BCUT2D eigenvalue weighted by Crippen LogP contribution is 2.34. The van der Waals surface area contributed by atoms with Crippen molar-refractivity contribution in [1.82, 2.24) is 20.1 Å². The van der Waals surface area contributed by atoms with Crippen molar-refractivity contribution >= 4 is 45.9 Å². The molecule has 2 aromatic carbocycles. The molecule has 0 unspecified atom stereocenters. The maximum absolute atomic E-state index is 13.8. The Bertz CT molecular complexity index is 1580. The minimum Gasteiger partial charge on any atom is -0.381 e. The van der Waals surface area contributed by atoms with E-state index in [4.69, 9.17) is 4.74 Å². The van der Waals surface area contributed by atoms with Gasteiger partial charge in [0, 0.05) is 72.7 Å². The summed E-state index contributed by atoms with van der Waals surface area (Å²) in [5, 5.41) is 14.4. The maximum Gasteiger partial charge on any atom is 0.258 e. The number of fused-ring (bicyclic) bond motifs is 1. The van der Waals surface area contributed by atoms with Crippen LogP contribution in [0.2, 0.25) is 0 Å². The minimum atomic E-state index is -0.649. The smallest absolute Gasteiger partial charge is 0.258 e. The van der Waals surface area contributed by atoms with Crippen molar-refractivity contribution in [2.24, 2.45) is 0 Å². The molecule has 2 fully saturated rings. The van der Waals surface area contributed by atoms with Crippen molar-refractivity contribution in [2.45, 2.75) is 35.6 Å². The van der Waals surface area contributed by atoms with E-state index in [9.17, 15) is 13.6 Å².